The molecule has 100 valence electrons. The number of hydrogen-bond donors (Lipinski definition) is 1. The predicted octanol–water partition coefficient (Wildman–Crippen LogP) is 1.46. The van der Waals surface area contributed by atoms with E-state index in [-0.39, 0.29) is 12.1 Å². The summed E-state index contributed by atoms with van der Waals surface area (Å²) in [5.41, 5.74) is 0.511. The van der Waals surface area contributed by atoms with Crippen molar-refractivity contribution < 1.29 is 14.7 Å². The van der Waals surface area contributed by atoms with E-state index in [2.05, 4.69) is 5.10 Å². The summed E-state index contributed by atoms with van der Waals surface area (Å²) in [5, 5.41) is 13.4. The van der Waals surface area contributed by atoms with Crippen LogP contribution in [0, 0.1) is 0 Å². The Kier molecular flexibility index (Phi) is 4.47. The smallest absolute Gasteiger partial charge is 0.331 e. The minimum absolute atomic E-state index is 0.150. The molecular weight excluding hydrogens is 234 g/mol. The average molecular weight is 253 g/mol. The van der Waals surface area contributed by atoms with Gasteiger partial charge in [0.2, 0.25) is 6.41 Å². The van der Waals surface area contributed by atoms with Gasteiger partial charge in [-0.25, -0.2) is 4.79 Å². The molecule has 1 N–H and O–H groups in total. The molecule has 6 nitrogen and oxygen atoms in total. The summed E-state index contributed by atoms with van der Waals surface area (Å²) in [7, 11) is 0. The van der Waals surface area contributed by atoms with Gasteiger partial charge in [0, 0.05) is 23.8 Å². The minimum Gasteiger partial charge on any atom is -0.479 e. The highest BCUT2D eigenvalue weighted by molar-refractivity contribution is 5.78. The van der Waals surface area contributed by atoms with Crippen molar-refractivity contribution in [2.45, 2.75) is 45.8 Å². The Bertz CT molecular complexity index is 426. The van der Waals surface area contributed by atoms with Gasteiger partial charge in [-0.2, -0.15) is 5.10 Å². The fraction of sp³-hybridized carbons (Fsp3) is 0.583. The van der Waals surface area contributed by atoms with Crippen LogP contribution in [0.3, 0.4) is 0 Å². The number of carbonyl (C=O) groups excluding carboxylic acids is 1. The van der Waals surface area contributed by atoms with Gasteiger partial charge < -0.3 is 10.0 Å². The third-order valence-corrected chi connectivity index (χ3v) is 2.72. The molecule has 0 spiro atoms. The van der Waals surface area contributed by atoms with Crippen molar-refractivity contribution in [3.8, 4) is 0 Å². The van der Waals surface area contributed by atoms with Crippen LogP contribution in [0.5, 0.6) is 0 Å². The van der Waals surface area contributed by atoms with E-state index in [1.807, 2.05) is 13.8 Å². The number of rotatable bonds is 6. The van der Waals surface area contributed by atoms with Crippen molar-refractivity contribution in [3.63, 3.8) is 0 Å². The van der Waals surface area contributed by atoms with E-state index in [4.69, 9.17) is 0 Å². The van der Waals surface area contributed by atoms with Crippen LogP contribution in [0.1, 0.15) is 45.3 Å². The summed E-state index contributed by atoms with van der Waals surface area (Å²) in [6, 6.07) is -1.03. The van der Waals surface area contributed by atoms with E-state index in [1.54, 1.807) is 24.7 Å². The van der Waals surface area contributed by atoms with Crippen LogP contribution in [0.4, 0.5) is 0 Å². The quantitative estimate of drug-likeness (QED) is 0.779. The second-order valence-corrected chi connectivity index (χ2v) is 4.73. The van der Waals surface area contributed by atoms with Crippen molar-refractivity contribution in [1.29, 1.82) is 0 Å². The van der Waals surface area contributed by atoms with Gasteiger partial charge >= 0.3 is 5.97 Å². The topological polar surface area (TPSA) is 75.4 Å². The van der Waals surface area contributed by atoms with E-state index >= 15 is 0 Å². The van der Waals surface area contributed by atoms with Crippen LogP contribution >= 0.6 is 0 Å². The normalized spacial score (nSPS) is 12.8. The predicted molar refractivity (Wildman–Crippen MR) is 66.0 cm³/mol. The molecule has 1 heterocycles. The largest absolute Gasteiger partial charge is 0.479 e. The molecular formula is C12H19N3O3. The monoisotopic (exact) mass is 253 g/mol. The summed E-state index contributed by atoms with van der Waals surface area (Å²) >= 11 is 0. The van der Waals surface area contributed by atoms with Gasteiger partial charge in [-0.05, 0) is 27.7 Å². The van der Waals surface area contributed by atoms with Crippen molar-refractivity contribution in [2.24, 2.45) is 0 Å². The first kappa shape index (κ1) is 14.2. The summed E-state index contributed by atoms with van der Waals surface area (Å²) in [6.07, 6.45) is 3.73. The van der Waals surface area contributed by atoms with Crippen LogP contribution in [0.2, 0.25) is 0 Å². The van der Waals surface area contributed by atoms with Gasteiger partial charge in [-0.15, -0.1) is 0 Å². The molecule has 0 saturated carbocycles. The number of aliphatic carboxylic acids is 1. The van der Waals surface area contributed by atoms with E-state index in [0.29, 0.717) is 12.0 Å². The number of carboxylic acid groups (broad SMARTS) is 1. The Morgan fingerprint density at radius 3 is 2.39 bits per heavy atom. The second-order valence-electron chi connectivity index (χ2n) is 4.73. The van der Waals surface area contributed by atoms with Gasteiger partial charge in [0.25, 0.3) is 0 Å². The summed E-state index contributed by atoms with van der Waals surface area (Å²) in [4.78, 5) is 23.7. The molecule has 1 rings (SSSR count). The van der Waals surface area contributed by atoms with E-state index in [9.17, 15) is 14.7 Å². The zero-order valence-electron chi connectivity index (χ0n) is 11.1. The van der Waals surface area contributed by atoms with Crippen molar-refractivity contribution >= 4 is 12.4 Å². The van der Waals surface area contributed by atoms with Crippen LogP contribution in [-0.4, -0.2) is 38.2 Å². The van der Waals surface area contributed by atoms with Crippen LogP contribution in [0.25, 0.3) is 0 Å². The highest BCUT2D eigenvalue weighted by Crippen LogP contribution is 2.22. The SMILES string of the molecule is CC(C)N(C=O)C(C(=O)O)c1cnn(C(C)C)c1. The Balaban J connectivity index is 3.11. The van der Waals surface area contributed by atoms with Gasteiger partial charge in [-0.1, -0.05) is 0 Å². The van der Waals surface area contributed by atoms with Gasteiger partial charge in [-0.3, -0.25) is 9.48 Å². The number of hydrogen-bond acceptors (Lipinski definition) is 3. The number of carboxylic acids is 1. The average Bonchev–Trinajstić information content (AvgIpc) is 2.73. The highest BCUT2D eigenvalue weighted by atomic mass is 16.4. The third kappa shape index (κ3) is 2.88. The van der Waals surface area contributed by atoms with E-state index in [0.717, 1.165) is 0 Å². The van der Waals surface area contributed by atoms with Crippen molar-refractivity contribution in [3.05, 3.63) is 18.0 Å². The lowest BCUT2D eigenvalue weighted by atomic mass is 10.1. The van der Waals surface area contributed by atoms with Gasteiger partial charge in [0.05, 0.1) is 6.20 Å². The second kappa shape index (κ2) is 5.66. The maximum absolute atomic E-state index is 11.3. The Hall–Kier alpha value is -1.85. The first-order valence-electron chi connectivity index (χ1n) is 5.88. The maximum Gasteiger partial charge on any atom is 0.331 e. The molecule has 1 amide bonds. The molecule has 0 saturated heterocycles. The zero-order chi connectivity index (χ0) is 13.9. The Morgan fingerprint density at radius 1 is 1.44 bits per heavy atom. The highest BCUT2D eigenvalue weighted by Gasteiger charge is 2.29. The molecule has 18 heavy (non-hydrogen) atoms. The maximum atomic E-state index is 11.3. The first-order chi connectivity index (χ1) is 8.38. The van der Waals surface area contributed by atoms with Crippen LogP contribution in [0.15, 0.2) is 12.4 Å². The molecule has 0 fully saturated rings. The molecule has 0 aliphatic rings. The van der Waals surface area contributed by atoms with Crippen molar-refractivity contribution in [2.75, 3.05) is 0 Å². The molecule has 1 unspecified atom stereocenters. The number of aromatic nitrogens is 2. The molecule has 0 aliphatic heterocycles. The molecule has 0 bridgehead atoms. The number of carbonyl (C=O) groups is 2. The fourth-order valence-electron chi connectivity index (χ4n) is 1.70. The molecule has 0 radical (unpaired) electrons. The first-order valence-corrected chi connectivity index (χ1v) is 5.88. The Labute approximate surface area is 106 Å². The lowest BCUT2D eigenvalue weighted by Crippen LogP contribution is -2.37. The molecule has 1 aromatic heterocycles. The zero-order valence-corrected chi connectivity index (χ0v) is 11.1. The molecule has 1 atom stereocenters. The van der Waals surface area contributed by atoms with Gasteiger partial charge in [0.1, 0.15) is 0 Å². The summed E-state index contributed by atoms with van der Waals surface area (Å²) in [5.74, 6) is -1.06. The standard InChI is InChI=1S/C12H19N3O3/c1-8(2)14(7-16)11(12(17)18)10-5-13-15(6-10)9(3)4/h5-9,11H,1-4H3,(H,17,18). The minimum atomic E-state index is -1.06. The lowest BCUT2D eigenvalue weighted by Gasteiger charge is -2.27. The summed E-state index contributed by atoms with van der Waals surface area (Å²) < 4.78 is 1.68. The van der Waals surface area contributed by atoms with E-state index in [1.165, 1.54) is 11.1 Å². The molecule has 0 aromatic carbocycles. The Morgan fingerprint density at radius 2 is 2.06 bits per heavy atom. The molecule has 1 aromatic rings. The number of nitrogens with zero attached hydrogens (tertiary/aromatic N) is 3. The fourth-order valence-corrected chi connectivity index (χ4v) is 1.70. The van der Waals surface area contributed by atoms with Crippen molar-refractivity contribution in [1.82, 2.24) is 14.7 Å². The molecule has 6 heteroatoms. The van der Waals surface area contributed by atoms with Crippen LogP contribution in [-0.2, 0) is 9.59 Å². The van der Waals surface area contributed by atoms with Gasteiger partial charge in [0.15, 0.2) is 6.04 Å². The van der Waals surface area contributed by atoms with E-state index < -0.39 is 12.0 Å². The van der Waals surface area contributed by atoms with Crippen LogP contribution < -0.4 is 0 Å². The number of amides is 1. The summed E-state index contributed by atoms with van der Waals surface area (Å²) in [6.45, 7) is 7.45. The molecule has 0 aliphatic carbocycles. The third-order valence-electron chi connectivity index (χ3n) is 2.72. The lowest BCUT2D eigenvalue weighted by molar-refractivity contribution is -0.148.